The standard InChI is InChI=1S/C23H23ClN2O3/c1-16-8-6-7-11-20(16)25-14-17-12-19(24)23(21(13-17)28-2)29-15-22(27)26-18-9-4-3-5-10-18/h3-13,25H,14-15H2,1-2H3,(H,26,27). The molecule has 0 spiro atoms. The zero-order valence-electron chi connectivity index (χ0n) is 16.4. The Morgan fingerprint density at radius 3 is 2.48 bits per heavy atom. The first-order chi connectivity index (χ1) is 14.1. The van der Waals surface area contributed by atoms with Gasteiger partial charge < -0.3 is 20.1 Å². The van der Waals surface area contributed by atoms with Crippen LogP contribution in [0.1, 0.15) is 11.1 Å². The van der Waals surface area contributed by atoms with Crippen LogP contribution in [0.4, 0.5) is 11.4 Å². The van der Waals surface area contributed by atoms with Crippen LogP contribution >= 0.6 is 11.6 Å². The third-order valence-electron chi connectivity index (χ3n) is 4.32. The van der Waals surface area contributed by atoms with Crippen molar-refractivity contribution in [3.8, 4) is 11.5 Å². The summed E-state index contributed by atoms with van der Waals surface area (Å²) in [5, 5.41) is 6.54. The van der Waals surface area contributed by atoms with Gasteiger partial charge in [0.25, 0.3) is 5.91 Å². The van der Waals surface area contributed by atoms with E-state index in [0.717, 1.165) is 16.8 Å². The van der Waals surface area contributed by atoms with E-state index >= 15 is 0 Å². The molecule has 0 atom stereocenters. The molecule has 0 heterocycles. The summed E-state index contributed by atoms with van der Waals surface area (Å²) in [6.07, 6.45) is 0. The molecular formula is C23H23ClN2O3. The predicted octanol–water partition coefficient (Wildman–Crippen LogP) is 5.29. The minimum absolute atomic E-state index is 0.175. The van der Waals surface area contributed by atoms with Gasteiger partial charge in [0, 0.05) is 17.9 Å². The number of amides is 1. The maximum Gasteiger partial charge on any atom is 0.262 e. The van der Waals surface area contributed by atoms with Crippen molar-refractivity contribution in [3.05, 3.63) is 82.9 Å². The van der Waals surface area contributed by atoms with Crippen LogP contribution in [0, 0.1) is 6.92 Å². The monoisotopic (exact) mass is 410 g/mol. The Labute approximate surface area is 175 Å². The Morgan fingerprint density at radius 1 is 1.03 bits per heavy atom. The van der Waals surface area contributed by atoms with E-state index in [4.69, 9.17) is 21.1 Å². The average Bonchev–Trinajstić information content (AvgIpc) is 2.72. The lowest BCUT2D eigenvalue weighted by Gasteiger charge is -2.15. The molecular weight excluding hydrogens is 388 g/mol. The third-order valence-corrected chi connectivity index (χ3v) is 4.60. The SMILES string of the molecule is COc1cc(CNc2ccccc2C)cc(Cl)c1OCC(=O)Nc1ccccc1. The molecule has 0 unspecified atom stereocenters. The lowest BCUT2D eigenvalue weighted by Crippen LogP contribution is -2.20. The van der Waals surface area contributed by atoms with Crippen molar-refractivity contribution in [3.63, 3.8) is 0 Å². The smallest absolute Gasteiger partial charge is 0.262 e. The molecule has 0 bridgehead atoms. The number of anilines is 2. The molecule has 0 aliphatic carbocycles. The molecule has 0 aromatic heterocycles. The van der Waals surface area contributed by atoms with Crippen LogP contribution in [0.25, 0.3) is 0 Å². The molecule has 1 amide bonds. The van der Waals surface area contributed by atoms with Crippen molar-refractivity contribution >= 4 is 28.9 Å². The van der Waals surface area contributed by atoms with Crippen molar-refractivity contribution < 1.29 is 14.3 Å². The fraction of sp³-hybridized carbons (Fsp3) is 0.174. The van der Waals surface area contributed by atoms with Crippen LogP contribution in [0.5, 0.6) is 11.5 Å². The lowest BCUT2D eigenvalue weighted by atomic mass is 10.1. The van der Waals surface area contributed by atoms with E-state index in [1.807, 2.05) is 67.6 Å². The van der Waals surface area contributed by atoms with Crippen molar-refractivity contribution in [2.24, 2.45) is 0 Å². The molecule has 0 saturated heterocycles. The summed E-state index contributed by atoms with van der Waals surface area (Å²) in [6, 6.07) is 20.9. The Balaban J connectivity index is 1.65. The third kappa shape index (κ3) is 5.65. The van der Waals surface area contributed by atoms with Crippen LogP contribution in [-0.4, -0.2) is 19.6 Å². The van der Waals surface area contributed by atoms with Gasteiger partial charge in [-0.1, -0.05) is 48.0 Å². The molecule has 0 aliphatic heterocycles. The number of aryl methyl sites for hydroxylation is 1. The van der Waals surface area contributed by atoms with Gasteiger partial charge in [0.2, 0.25) is 0 Å². The Hall–Kier alpha value is -3.18. The second-order valence-corrected chi connectivity index (χ2v) is 6.89. The first-order valence-corrected chi connectivity index (χ1v) is 9.58. The molecule has 150 valence electrons. The first kappa shape index (κ1) is 20.6. The number of carbonyl (C=O) groups excluding carboxylic acids is 1. The summed E-state index contributed by atoms with van der Waals surface area (Å²) in [5.41, 5.74) is 3.86. The molecule has 3 aromatic rings. The van der Waals surface area contributed by atoms with E-state index in [-0.39, 0.29) is 12.5 Å². The molecule has 29 heavy (non-hydrogen) atoms. The molecule has 0 fully saturated rings. The Morgan fingerprint density at radius 2 is 1.76 bits per heavy atom. The van der Waals surface area contributed by atoms with Gasteiger partial charge in [-0.05, 0) is 48.4 Å². The van der Waals surface area contributed by atoms with Crippen LogP contribution in [0.2, 0.25) is 5.02 Å². The number of methoxy groups -OCH3 is 1. The normalized spacial score (nSPS) is 10.3. The van der Waals surface area contributed by atoms with Gasteiger partial charge in [0.05, 0.1) is 12.1 Å². The summed E-state index contributed by atoms with van der Waals surface area (Å²) in [6.45, 7) is 2.45. The van der Waals surface area contributed by atoms with Gasteiger partial charge in [-0.2, -0.15) is 0 Å². The molecule has 3 aromatic carbocycles. The van der Waals surface area contributed by atoms with E-state index in [9.17, 15) is 4.79 Å². The highest BCUT2D eigenvalue weighted by Gasteiger charge is 2.14. The summed E-state index contributed by atoms with van der Waals surface area (Å²) in [4.78, 5) is 12.1. The highest BCUT2D eigenvalue weighted by atomic mass is 35.5. The highest BCUT2D eigenvalue weighted by Crippen LogP contribution is 2.36. The molecule has 0 radical (unpaired) electrons. The number of carbonyl (C=O) groups is 1. The number of hydrogen-bond acceptors (Lipinski definition) is 4. The van der Waals surface area contributed by atoms with Crippen molar-refractivity contribution in [1.82, 2.24) is 0 Å². The molecule has 6 heteroatoms. The van der Waals surface area contributed by atoms with Crippen LogP contribution in [0.3, 0.4) is 0 Å². The van der Waals surface area contributed by atoms with Crippen molar-refractivity contribution in [2.45, 2.75) is 13.5 Å². The Bertz CT molecular complexity index is 977. The van der Waals surface area contributed by atoms with Gasteiger partial charge in [0.1, 0.15) is 0 Å². The summed E-state index contributed by atoms with van der Waals surface area (Å²) in [7, 11) is 1.54. The van der Waals surface area contributed by atoms with E-state index in [1.165, 1.54) is 0 Å². The second-order valence-electron chi connectivity index (χ2n) is 6.48. The van der Waals surface area contributed by atoms with Gasteiger partial charge in [-0.3, -0.25) is 4.79 Å². The van der Waals surface area contributed by atoms with Gasteiger partial charge in [-0.25, -0.2) is 0 Å². The zero-order chi connectivity index (χ0) is 20.6. The van der Waals surface area contributed by atoms with Crippen molar-refractivity contribution in [1.29, 1.82) is 0 Å². The number of ether oxygens (including phenoxy) is 2. The van der Waals surface area contributed by atoms with Gasteiger partial charge in [0.15, 0.2) is 18.1 Å². The highest BCUT2D eigenvalue weighted by molar-refractivity contribution is 6.32. The number of rotatable bonds is 8. The largest absolute Gasteiger partial charge is 0.493 e. The maximum atomic E-state index is 12.1. The van der Waals surface area contributed by atoms with E-state index in [2.05, 4.69) is 10.6 Å². The van der Waals surface area contributed by atoms with E-state index in [0.29, 0.717) is 28.8 Å². The molecule has 0 saturated carbocycles. The number of benzene rings is 3. The van der Waals surface area contributed by atoms with E-state index < -0.39 is 0 Å². The first-order valence-electron chi connectivity index (χ1n) is 9.20. The molecule has 5 nitrogen and oxygen atoms in total. The fourth-order valence-electron chi connectivity index (χ4n) is 2.84. The van der Waals surface area contributed by atoms with Crippen LogP contribution < -0.4 is 20.1 Å². The maximum absolute atomic E-state index is 12.1. The minimum Gasteiger partial charge on any atom is -0.493 e. The average molecular weight is 411 g/mol. The fourth-order valence-corrected chi connectivity index (χ4v) is 3.13. The zero-order valence-corrected chi connectivity index (χ0v) is 17.1. The van der Waals surface area contributed by atoms with Gasteiger partial charge >= 0.3 is 0 Å². The molecule has 2 N–H and O–H groups in total. The van der Waals surface area contributed by atoms with Gasteiger partial charge in [-0.15, -0.1) is 0 Å². The van der Waals surface area contributed by atoms with Crippen LogP contribution in [0.15, 0.2) is 66.7 Å². The summed E-state index contributed by atoms with van der Waals surface area (Å²) in [5.74, 6) is 0.545. The Kier molecular flexibility index (Phi) is 6.98. The summed E-state index contributed by atoms with van der Waals surface area (Å²) >= 11 is 6.41. The molecule has 0 aliphatic rings. The van der Waals surface area contributed by atoms with E-state index in [1.54, 1.807) is 13.2 Å². The minimum atomic E-state index is -0.278. The van der Waals surface area contributed by atoms with Crippen molar-refractivity contribution in [2.75, 3.05) is 24.4 Å². The quantitative estimate of drug-likeness (QED) is 0.530. The summed E-state index contributed by atoms with van der Waals surface area (Å²) < 4.78 is 11.1. The molecule has 3 rings (SSSR count). The van der Waals surface area contributed by atoms with Crippen LogP contribution in [-0.2, 0) is 11.3 Å². The topological polar surface area (TPSA) is 59.6 Å². The number of para-hydroxylation sites is 2. The number of nitrogens with one attached hydrogen (secondary N) is 2. The lowest BCUT2D eigenvalue weighted by molar-refractivity contribution is -0.118. The second kappa shape index (κ2) is 9.85. The number of halogens is 1. The number of hydrogen-bond donors (Lipinski definition) is 2. The predicted molar refractivity (Wildman–Crippen MR) is 117 cm³/mol.